The normalized spacial score (nSPS) is 20.7. The first-order valence-corrected chi connectivity index (χ1v) is 11.9. The maximum absolute atomic E-state index is 11.4. The highest BCUT2D eigenvalue weighted by Gasteiger charge is 2.25. The molecule has 1 fully saturated rings. The molecule has 1 saturated heterocycles. The minimum absolute atomic E-state index is 0.00675. The summed E-state index contributed by atoms with van der Waals surface area (Å²) in [6.07, 6.45) is 7.01. The van der Waals surface area contributed by atoms with Crippen LogP contribution in [0.1, 0.15) is 97.3 Å². The van der Waals surface area contributed by atoms with E-state index in [1.54, 1.807) is 19.1 Å². The first kappa shape index (κ1) is 33.1. The van der Waals surface area contributed by atoms with Crippen LogP contribution in [0.2, 0.25) is 0 Å². The van der Waals surface area contributed by atoms with Gasteiger partial charge in [0, 0.05) is 0 Å². The van der Waals surface area contributed by atoms with Gasteiger partial charge in [-0.2, -0.15) is 9.59 Å². The van der Waals surface area contributed by atoms with Crippen molar-refractivity contribution in [1.29, 1.82) is 0 Å². The molecular weight excluding hydrogens is 424 g/mol. The molecule has 5 unspecified atom stereocenters. The maximum atomic E-state index is 11.4. The van der Waals surface area contributed by atoms with E-state index in [2.05, 4.69) is 20.8 Å². The molecule has 190 valence electrons. The van der Waals surface area contributed by atoms with Crippen molar-refractivity contribution >= 4 is 12.1 Å². The van der Waals surface area contributed by atoms with Gasteiger partial charge in [0.1, 0.15) is 0 Å². The number of benzene rings is 1. The van der Waals surface area contributed by atoms with Gasteiger partial charge < -0.3 is 19.3 Å². The van der Waals surface area contributed by atoms with Gasteiger partial charge in [-0.05, 0) is 65.0 Å². The lowest BCUT2D eigenvalue weighted by atomic mass is 10.1. The fourth-order valence-electron chi connectivity index (χ4n) is 2.53. The molecule has 5 atom stereocenters. The van der Waals surface area contributed by atoms with Crippen molar-refractivity contribution in [3.8, 4) is 0 Å². The first-order valence-electron chi connectivity index (χ1n) is 11.9. The Morgan fingerprint density at radius 2 is 1.64 bits per heavy atom. The van der Waals surface area contributed by atoms with Gasteiger partial charge in [-0.15, -0.1) is 0 Å². The Hall–Kier alpha value is -2.05. The SMILES string of the molecule is CCC(C)O.CCC(C)OC(=O)c1ccccc1.CCCC1OC(C)CC(CC)O1.O=C=O. The van der Waals surface area contributed by atoms with Crippen LogP contribution >= 0.6 is 0 Å². The number of ether oxygens (including phenoxy) is 3. The fourth-order valence-corrected chi connectivity index (χ4v) is 2.53. The zero-order chi connectivity index (χ0) is 25.6. The van der Waals surface area contributed by atoms with E-state index in [1.165, 1.54) is 0 Å². The Bertz CT molecular complexity index is 612. The van der Waals surface area contributed by atoms with Crippen molar-refractivity contribution in [3.05, 3.63) is 35.9 Å². The molecule has 7 nitrogen and oxygen atoms in total. The van der Waals surface area contributed by atoms with Gasteiger partial charge in [-0.3, -0.25) is 0 Å². The summed E-state index contributed by atoms with van der Waals surface area (Å²) in [7, 11) is 0. The van der Waals surface area contributed by atoms with Gasteiger partial charge in [0.25, 0.3) is 0 Å². The molecular formula is C26H44O7. The minimum Gasteiger partial charge on any atom is -0.459 e. The van der Waals surface area contributed by atoms with Crippen molar-refractivity contribution < 1.29 is 33.7 Å². The highest BCUT2D eigenvalue weighted by molar-refractivity contribution is 5.89. The van der Waals surface area contributed by atoms with E-state index in [9.17, 15) is 4.79 Å². The van der Waals surface area contributed by atoms with Crippen LogP contribution in [0.4, 0.5) is 0 Å². The van der Waals surface area contributed by atoms with E-state index in [-0.39, 0.29) is 30.6 Å². The van der Waals surface area contributed by atoms with Gasteiger partial charge in [-0.25, -0.2) is 4.79 Å². The van der Waals surface area contributed by atoms with Crippen LogP contribution in [0.3, 0.4) is 0 Å². The van der Waals surface area contributed by atoms with Crippen LogP contribution in [-0.4, -0.2) is 47.9 Å². The van der Waals surface area contributed by atoms with Crippen molar-refractivity contribution in [2.75, 3.05) is 0 Å². The van der Waals surface area contributed by atoms with Crippen LogP contribution in [0.25, 0.3) is 0 Å². The molecule has 33 heavy (non-hydrogen) atoms. The molecule has 1 N–H and O–H groups in total. The largest absolute Gasteiger partial charge is 0.459 e. The monoisotopic (exact) mass is 468 g/mol. The van der Waals surface area contributed by atoms with Crippen molar-refractivity contribution in [1.82, 2.24) is 0 Å². The number of esters is 1. The molecule has 0 saturated carbocycles. The van der Waals surface area contributed by atoms with E-state index in [0.29, 0.717) is 17.8 Å². The summed E-state index contributed by atoms with van der Waals surface area (Å²) < 4.78 is 16.5. The maximum Gasteiger partial charge on any atom is 0.373 e. The van der Waals surface area contributed by atoms with Crippen molar-refractivity contribution in [3.63, 3.8) is 0 Å². The van der Waals surface area contributed by atoms with Crippen molar-refractivity contribution in [2.24, 2.45) is 0 Å². The molecule has 7 heteroatoms. The Kier molecular flexibility index (Phi) is 21.9. The molecule has 1 heterocycles. The van der Waals surface area contributed by atoms with Gasteiger partial charge in [0.2, 0.25) is 0 Å². The topological polar surface area (TPSA) is 99.1 Å². The fraction of sp³-hybridized carbons (Fsp3) is 0.692. The Labute approximate surface area is 199 Å². The summed E-state index contributed by atoms with van der Waals surface area (Å²) in [6, 6.07) is 9.04. The van der Waals surface area contributed by atoms with Crippen LogP contribution in [0.15, 0.2) is 30.3 Å². The highest BCUT2D eigenvalue weighted by Crippen LogP contribution is 2.22. The van der Waals surface area contributed by atoms with Crippen LogP contribution in [0, 0.1) is 0 Å². The van der Waals surface area contributed by atoms with Crippen LogP contribution in [-0.2, 0) is 23.8 Å². The molecule has 1 aromatic carbocycles. The third-order valence-corrected chi connectivity index (χ3v) is 4.79. The van der Waals surface area contributed by atoms with Gasteiger partial charge in [0.15, 0.2) is 6.29 Å². The quantitative estimate of drug-likeness (QED) is 0.524. The standard InChI is InChI=1S/C11H14O2.C10H20O2.C4H10O.CO2/c1-3-9(2)13-11(12)10-7-5-4-6-8-10;1-4-6-10-11-8(3)7-9(5-2)12-10;1-3-4(2)5;2-1-3/h4-9H,3H2,1-2H3;8-10H,4-7H2,1-3H3;4-5H,3H2,1-2H3;. The zero-order valence-corrected chi connectivity index (χ0v) is 21.4. The molecule has 0 aromatic heterocycles. The predicted molar refractivity (Wildman–Crippen MR) is 128 cm³/mol. The van der Waals surface area contributed by atoms with Gasteiger partial charge in [0.05, 0.1) is 30.0 Å². The van der Waals surface area contributed by atoms with E-state index in [1.807, 2.05) is 39.0 Å². The first-order chi connectivity index (χ1) is 15.7. The Balaban J connectivity index is 0. The van der Waals surface area contributed by atoms with E-state index in [0.717, 1.165) is 38.5 Å². The Morgan fingerprint density at radius 1 is 1.09 bits per heavy atom. The Morgan fingerprint density at radius 3 is 2.06 bits per heavy atom. The van der Waals surface area contributed by atoms with Gasteiger partial charge >= 0.3 is 12.1 Å². The average molecular weight is 469 g/mol. The summed E-state index contributed by atoms with van der Waals surface area (Å²) >= 11 is 0. The number of carbonyl (C=O) groups excluding carboxylic acids is 3. The van der Waals surface area contributed by atoms with Crippen molar-refractivity contribution in [2.45, 2.75) is 118 Å². The highest BCUT2D eigenvalue weighted by atomic mass is 16.7. The summed E-state index contributed by atoms with van der Waals surface area (Å²) in [6.45, 7) is 14.1. The lowest BCUT2D eigenvalue weighted by Gasteiger charge is -2.33. The molecule has 0 radical (unpaired) electrons. The van der Waals surface area contributed by atoms with E-state index in [4.69, 9.17) is 28.9 Å². The second kappa shape index (κ2) is 21.8. The molecule has 0 amide bonds. The third-order valence-electron chi connectivity index (χ3n) is 4.79. The summed E-state index contributed by atoms with van der Waals surface area (Å²) in [5.74, 6) is -0.241. The molecule has 0 aliphatic carbocycles. The second-order valence-electron chi connectivity index (χ2n) is 7.90. The van der Waals surface area contributed by atoms with E-state index >= 15 is 0 Å². The minimum atomic E-state index is -0.241. The number of rotatable bonds is 7. The van der Waals surface area contributed by atoms with Crippen LogP contribution in [0.5, 0.6) is 0 Å². The van der Waals surface area contributed by atoms with Gasteiger partial charge in [-0.1, -0.05) is 52.3 Å². The molecule has 2 rings (SSSR count). The number of hydrogen-bond acceptors (Lipinski definition) is 7. The van der Waals surface area contributed by atoms with E-state index < -0.39 is 0 Å². The summed E-state index contributed by atoms with van der Waals surface area (Å²) in [4.78, 5) is 27.6. The molecule has 0 bridgehead atoms. The average Bonchev–Trinajstić information content (AvgIpc) is 2.80. The molecule has 1 aliphatic rings. The smallest absolute Gasteiger partial charge is 0.373 e. The number of carbonyl (C=O) groups is 1. The molecule has 1 aliphatic heterocycles. The summed E-state index contributed by atoms with van der Waals surface area (Å²) in [5, 5.41) is 8.36. The third kappa shape index (κ3) is 19.2. The van der Waals surface area contributed by atoms with Crippen LogP contribution < -0.4 is 0 Å². The lowest BCUT2D eigenvalue weighted by Crippen LogP contribution is -2.36. The second-order valence-corrected chi connectivity index (χ2v) is 7.90. The number of aliphatic hydroxyl groups excluding tert-OH is 1. The summed E-state index contributed by atoms with van der Waals surface area (Å²) in [5.41, 5.74) is 0.614. The lowest BCUT2D eigenvalue weighted by molar-refractivity contribution is -0.240. The zero-order valence-electron chi connectivity index (χ0n) is 21.4. The predicted octanol–water partition coefficient (Wildman–Crippen LogP) is 5.55. The molecule has 0 spiro atoms. The number of hydrogen-bond donors (Lipinski definition) is 1. The molecule has 1 aromatic rings. The number of aliphatic hydroxyl groups is 1.